The molecule has 1 atom stereocenters. The van der Waals surface area contributed by atoms with Crippen molar-refractivity contribution in [1.29, 1.82) is 0 Å². The molecule has 0 radical (unpaired) electrons. The molecule has 0 fully saturated rings. The fraction of sp³-hybridized carbons (Fsp3) is 0.583. The summed E-state index contributed by atoms with van der Waals surface area (Å²) in [4.78, 5) is 12.7. The van der Waals surface area contributed by atoms with Gasteiger partial charge < -0.3 is 15.8 Å². The minimum absolute atomic E-state index is 0.144. The van der Waals surface area contributed by atoms with E-state index in [1.807, 2.05) is 32.9 Å². The minimum Gasteiger partial charge on any atom is -0.444 e. The highest BCUT2D eigenvalue weighted by Gasteiger charge is 2.19. The van der Waals surface area contributed by atoms with Gasteiger partial charge in [0.25, 0.3) is 0 Å². The van der Waals surface area contributed by atoms with E-state index in [1.54, 1.807) is 0 Å². The second kappa shape index (κ2) is 6.41. The SMILES string of the molecule is CC(C)(C)OC(=O)NC(CN)Cc1ccc(Cl)s1. The van der Waals surface area contributed by atoms with Crippen molar-refractivity contribution in [3.8, 4) is 0 Å². The highest BCUT2D eigenvalue weighted by atomic mass is 35.5. The highest BCUT2D eigenvalue weighted by molar-refractivity contribution is 7.16. The molecule has 6 heteroatoms. The fourth-order valence-electron chi connectivity index (χ4n) is 1.37. The summed E-state index contributed by atoms with van der Waals surface area (Å²) in [6, 6.07) is 3.63. The molecule has 1 aromatic heterocycles. The zero-order valence-electron chi connectivity index (χ0n) is 10.8. The van der Waals surface area contributed by atoms with E-state index in [1.165, 1.54) is 11.3 Å². The molecule has 0 aliphatic rings. The van der Waals surface area contributed by atoms with Gasteiger partial charge in [-0.3, -0.25) is 0 Å². The molecule has 1 rings (SSSR count). The molecule has 1 unspecified atom stereocenters. The predicted octanol–water partition coefficient (Wildman–Crippen LogP) is 2.80. The smallest absolute Gasteiger partial charge is 0.407 e. The highest BCUT2D eigenvalue weighted by Crippen LogP contribution is 2.22. The number of carbonyl (C=O) groups excluding carboxylic acids is 1. The molecule has 0 saturated carbocycles. The van der Waals surface area contributed by atoms with E-state index in [0.717, 1.165) is 9.21 Å². The summed E-state index contributed by atoms with van der Waals surface area (Å²) >= 11 is 7.34. The predicted molar refractivity (Wildman–Crippen MR) is 75.2 cm³/mol. The van der Waals surface area contributed by atoms with Crippen molar-refractivity contribution >= 4 is 29.0 Å². The van der Waals surface area contributed by atoms with Gasteiger partial charge in [-0.25, -0.2) is 4.79 Å². The summed E-state index contributed by atoms with van der Waals surface area (Å²) in [5.74, 6) is 0. The molecule has 1 aromatic rings. The van der Waals surface area contributed by atoms with Crippen molar-refractivity contribution in [3.05, 3.63) is 21.3 Å². The van der Waals surface area contributed by atoms with Crippen LogP contribution in [0.4, 0.5) is 4.79 Å². The summed E-state index contributed by atoms with van der Waals surface area (Å²) in [5, 5.41) is 2.76. The lowest BCUT2D eigenvalue weighted by atomic mass is 10.2. The van der Waals surface area contributed by atoms with E-state index in [-0.39, 0.29) is 6.04 Å². The van der Waals surface area contributed by atoms with E-state index in [9.17, 15) is 4.79 Å². The Morgan fingerprint density at radius 3 is 2.67 bits per heavy atom. The van der Waals surface area contributed by atoms with Crippen LogP contribution in [0.5, 0.6) is 0 Å². The lowest BCUT2D eigenvalue weighted by Crippen LogP contribution is -2.44. The molecule has 4 nitrogen and oxygen atoms in total. The lowest BCUT2D eigenvalue weighted by Gasteiger charge is -2.22. The van der Waals surface area contributed by atoms with Crippen LogP contribution in [0.15, 0.2) is 12.1 Å². The summed E-state index contributed by atoms with van der Waals surface area (Å²) in [5.41, 5.74) is 5.14. The average Bonchev–Trinajstić information content (AvgIpc) is 2.60. The van der Waals surface area contributed by atoms with Crippen molar-refractivity contribution in [2.75, 3.05) is 6.54 Å². The average molecular weight is 291 g/mol. The van der Waals surface area contributed by atoms with Crippen molar-refractivity contribution in [2.45, 2.75) is 38.8 Å². The second-order valence-electron chi connectivity index (χ2n) is 4.99. The molecule has 3 N–H and O–H groups in total. The van der Waals surface area contributed by atoms with E-state index in [4.69, 9.17) is 22.1 Å². The number of amides is 1. The summed E-state index contributed by atoms with van der Waals surface area (Å²) in [7, 11) is 0. The standard InChI is InChI=1S/C12H19ClN2O2S/c1-12(2,3)17-11(16)15-8(7-14)6-9-4-5-10(13)18-9/h4-5,8H,6-7,14H2,1-3H3,(H,15,16). The molecule has 0 spiro atoms. The number of rotatable bonds is 4. The Balaban J connectivity index is 2.49. The summed E-state index contributed by atoms with van der Waals surface area (Å²) in [6.45, 7) is 5.82. The van der Waals surface area contributed by atoms with Crippen LogP contribution in [0.1, 0.15) is 25.6 Å². The molecule has 1 amide bonds. The monoisotopic (exact) mass is 290 g/mol. The van der Waals surface area contributed by atoms with Crippen LogP contribution in [0, 0.1) is 0 Å². The minimum atomic E-state index is -0.504. The number of alkyl carbamates (subject to hydrolysis) is 1. The Morgan fingerprint density at radius 2 is 2.22 bits per heavy atom. The topological polar surface area (TPSA) is 64.3 Å². The van der Waals surface area contributed by atoms with E-state index >= 15 is 0 Å². The van der Waals surface area contributed by atoms with Gasteiger partial charge in [-0.05, 0) is 32.9 Å². The van der Waals surface area contributed by atoms with Crippen LogP contribution >= 0.6 is 22.9 Å². The van der Waals surface area contributed by atoms with Crippen LogP contribution in [0.3, 0.4) is 0 Å². The first-order chi connectivity index (χ1) is 8.30. The number of hydrogen-bond donors (Lipinski definition) is 2. The third-order valence-corrected chi connectivity index (χ3v) is 3.34. The Bertz CT molecular complexity index is 401. The van der Waals surface area contributed by atoms with Crippen LogP contribution in [0.25, 0.3) is 0 Å². The molecule has 0 saturated heterocycles. The van der Waals surface area contributed by atoms with Gasteiger partial charge in [0.1, 0.15) is 5.60 Å². The molecule has 1 heterocycles. The summed E-state index contributed by atoms with van der Waals surface area (Å²) in [6.07, 6.45) is 0.216. The molecule has 0 aliphatic carbocycles. The first-order valence-electron chi connectivity index (χ1n) is 5.74. The molecule has 0 aliphatic heterocycles. The maximum Gasteiger partial charge on any atom is 0.407 e. The fourth-order valence-corrected chi connectivity index (χ4v) is 2.54. The number of thiophene rings is 1. The van der Waals surface area contributed by atoms with Crippen molar-refractivity contribution in [3.63, 3.8) is 0 Å². The maximum atomic E-state index is 11.6. The normalized spacial score (nSPS) is 13.2. The van der Waals surface area contributed by atoms with Gasteiger partial charge in [0.15, 0.2) is 0 Å². The van der Waals surface area contributed by atoms with E-state index in [0.29, 0.717) is 13.0 Å². The van der Waals surface area contributed by atoms with Gasteiger partial charge in [-0.1, -0.05) is 11.6 Å². The number of halogens is 1. The zero-order chi connectivity index (χ0) is 13.8. The van der Waals surface area contributed by atoms with Gasteiger partial charge >= 0.3 is 6.09 Å². The number of hydrogen-bond acceptors (Lipinski definition) is 4. The molecule has 102 valence electrons. The zero-order valence-corrected chi connectivity index (χ0v) is 12.4. The largest absolute Gasteiger partial charge is 0.444 e. The van der Waals surface area contributed by atoms with E-state index in [2.05, 4.69) is 5.32 Å². The Hall–Kier alpha value is -0.780. The Kier molecular flexibility index (Phi) is 5.44. The first-order valence-corrected chi connectivity index (χ1v) is 6.93. The van der Waals surface area contributed by atoms with Crippen LogP contribution in [-0.2, 0) is 11.2 Å². The van der Waals surface area contributed by atoms with Crippen LogP contribution in [0.2, 0.25) is 4.34 Å². The Labute approximate surface area is 116 Å². The molecule has 0 bridgehead atoms. The third kappa shape index (κ3) is 5.71. The number of nitrogens with one attached hydrogen (secondary N) is 1. The molecule has 18 heavy (non-hydrogen) atoms. The van der Waals surface area contributed by atoms with Crippen LogP contribution in [-0.4, -0.2) is 24.3 Å². The van der Waals surface area contributed by atoms with Gasteiger partial charge in [-0.2, -0.15) is 0 Å². The maximum absolute atomic E-state index is 11.6. The van der Waals surface area contributed by atoms with Crippen molar-refractivity contribution in [1.82, 2.24) is 5.32 Å². The molecule has 0 aromatic carbocycles. The third-order valence-electron chi connectivity index (χ3n) is 2.08. The number of nitrogens with two attached hydrogens (primary N) is 1. The van der Waals surface area contributed by atoms with E-state index < -0.39 is 11.7 Å². The van der Waals surface area contributed by atoms with Crippen molar-refractivity contribution < 1.29 is 9.53 Å². The molecular formula is C12H19ClN2O2S. The second-order valence-corrected chi connectivity index (χ2v) is 6.79. The molecular weight excluding hydrogens is 272 g/mol. The lowest BCUT2D eigenvalue weighted by molar-refractivity contribution is 0.0506. The van der Waals surface area contributed by atoms with Gasteiger partial charge in [0, 0.05) is 23.9 Å². The Morgan fingerprint density at radius 1 is 1.56 bits per heavy atom. The quantitative estimate of drug-likeness (QED) is 0.896. The first kappa shape index (κ1) is 15.3. The van der Waals surface area contributed by atoms with Gasteiger partial charge in [0.2, 0.25) is 0 Å². The number of ether oxygens (including phenoxy) is 1. The van der Waals surface area contributed by atoms with Gasteiger partial charge in [0.05, 0.1) is 4.34 Å². The summed E-state index contributed by atoms with van der Waals surface area (Å²) < 4.78 is 5.92. The number of carbonyl (C=O) groups is 1. The van der Waals surface area contributed by atoms with Crippen molar-refractivity contribution in [2.24, 2.45) is 5.73 Å². The van der Waals surface area contributed by atoms with Crippen LogP contribution < -0.4 is 11.1 Å². The van der Waals surface area contributed by atoms with Gasteiger partial charge in [-0.15, -0.1) is 11.3 Å².